The Bertz CT molecular complexity index is 665. The lowest BCUT2D eigenvalue weighted by Gasteiger charge is -2.23. The number of nitrogens with one attached hydrogen (secondary N) is 1. The fourth-order valence-corrected chi connectivity index (χ4v) is 5.57. The second-order valence-corrected chi connectivity index (χ2v) is 12.6. The van der Waals surface area contributed by atoms with Crippen molar-refractivity contribution in [1.82, 2.24) is 5.32 Å². The fraction of sp³-hybridized carbons (Fsp3) is 0.903. The van der Waals surface area contributed by atoms with Crippen molar-refractivity contribution < 1.29 is 22.9 Å². The van der Waals surface area contributed by atoms with Crippen LogP contribution >= 0.6 is 0 Å². The number of amides is 1. The van der Waals surface area contributed by atoms with Gasteiger partial charge in [-0.15, -0.1) is 0 Å². The van der Waals surface area contributed by atoms with Gasteiger partial charge >= 0.3 is 0 Å². The van der Waals surface area contributed by atoms with Crippen LogP contribution in [-0.4, -0.2) is 41.9 Å². The van der Waals surface area contributed by atoms with Crippen molar-refractivity contribution in [1.29, 1.82) is 0 Å². The van der Waals surface area contributed by atoms with Crippen LogP contribution in [0.3, 0.4) is 0 Å². The van der Waals surface area contributed by atoms with E-state index in [4.69, 9.17) is 0 Å². The van der Waals surface area contributed by atoms with Gasteiger partial charge in [-0.3, -0.25) is 9.35 Å². The Kier molecular flexibility index (Phi) is 25.7. The zero-order valence-electron chi connectivity index (χ0n) is 24.8. The van der Waals surface area contributed by atoms with Crippen molar-refractivity contribution in [2.75, 3.05) is 5.75 Å². The van der Waals surface area contributed by atoms with Gasteiger partial charge in [0.2, 0.25) is 5.91 Å². The smallest absolute Gasteiger partial charge is 0.266 e. The van der Waals surface area contributed by atoms with Gasteiger partial charge in [-0.2, -0.15) is 8.42 Å². The van der Waals surface area contributed by atoms with Crippen LogP contribution < -0.4 is 5.32 Å². The zero-order valence-corrected chi connectivity index (χ0v) is 25.6. The summed E-state index contributed by atoms with van der Waals surface area (Å²) < 4.78 is 32.2. The Morgan fingerprint density at radius 3 is 1.68 bits per heavy atom. The molecule has 38 heavy (non-hydrogen) atoms. The molecule has 0 aliphatic carbocycles. The Labute approximate surface area is 235 Å². The number of hydrogen-bond acceptors (Lipinski definition) is 4. The average Bonchev–Trinajstić information content (AvgIpc) is 2.86. The van der Waals surface area contributed by atoms with Crippen molar-refractivity contribution in [3.63, 3.8) is 0 Å². The fourth-order valence-electron chi connectivity index (χ4n) is 4.81. The van der Waals surface area contributed by atoms with Gasteiger partial charge in [0.1, 0.15) is 0 Å². The van der Waals surface area contributed by atoms with Crippen LogP contribution in [0.25, 0.3) is 0 Å². The van der Waals surface area contributed by atoms with Crippen molar-refractivity contribution in [2.24, 2.45) is 0 Å². The van der Waals surface area contributed by atoms with E-state index in [1.165, 1.54) is 70.6 Å². The van der Waals surface area contributed by atoms with Crippen LogP contribution in [0.1, 0.15) is 162 Å². The molecule has 0 aliphatic heterocycles. The van der Waals surface area contributed by atoms with Crippen molar-refractivity contribution in [2.45, 2.75) is 174 Å². The third-order valence-electron chi connectivity index (χ3n) is 7.20. The largest absolute Gasteiger partial charge is 0.391 e. The first-order valence-electron chi connectivity index (χ1n) is 15.9. The second kappa shape index (κ2) is 26.3. The number of carbonyl (C=O) groups is 1. The number of allylic oxidation sites excluding steroid dienone is 2. The summed E-state index contributed by atoms with van der Waals surface area (Å²) in [5.41, 5.74) is 0. The van der Waals surface area contributed by atoms with E-state index in [0.717, 1.165) is 64.2 Å². The summed E-state index contributed by atoms with van der Waals surface area (Å²) >= 11 is 0. The van der Waals surface area contributed by atoms with Gasteiger partial charge in [0.05, 0.1) is 17.9 Å². The lowest BCUT2D eigenvalue weighted by Crippen LogP contribution is -2.47. The molecule has 226 valence electrons. The van der Waals surface area contributed by atoms with E-state index >= 15 is 0 Å². The van der Waals surface area contributed by atoms with Crippen LogP contribution in [-0.2, 0) is 14.9 Å². The lowest BCUT2D eigenvalue weighted by atomic mass is 10.0. The van der Waals surface area contributed by atoms with Gasteiger partial charge in [0, 0.05) is 6.42 Å². The Balaban J connectivity index is 4.00. The molecule has 3 N–H and O–H groups in total. The lowest BCUT2D eigenvalue weighted by molar-refractivity contribution is -0.122. The maximum absolute atomic E-state index is 12.4. The molecular formula is C31H61NO5S. The number of carbonyl (C=O) groups excluding carboxylic acids is 1. The molecule has 0 heterocycles. The maximum atomic E-state index is 12.4. The first kappa shape index (κ1) is 37.1. The molecule has 0 aliphatic rings. The van der Waals surface area contributed by atoms with Crippen molar-refractivity contribution in [3.8, 4) is 0 Å². The molecule has 6 nitrogen and oxygen atoms in total. The summed E-state index contributed by atoms with van der Waals surface area (Å²) in [6.45, 7) is 4.42. The third kappa shape index (κ3) is 26.7. The monoisotopic (exact) mass is 559 g/mol. The molecule has 0 aromatic rings. The number of rotatable bonds is 28. The molecule has 2 atom stereocenters. The number of hydrogen-bond donors (Lipinski definition) is 3. The minimum Gasteiger partial charge on any atom is -0.391 e. The quantitative estimate of drug-likeness (QED) is 0.0508. The molecule has 0 radical (unpaired) electrons. The molecule has 1 amide bonds. The van der Waals surface area contributed by atoms with Crippen LogP contribution in [0, 0.1) is 0 Å². The Morgan fingerprint density at radius 1 is 0.684 bits per heavy atom. The number of unbranched alkanes of at least 4 members (excludes halogenated alkanes) is 18. The summed E-state index contributed by atoms with van der Waals surface area (Å²) in [4.78, 5) is 12.4. The van der Waals surface area contributed by atoms with E-state index in [2.05, 4.69) is 31.3 Å². The standard InChI is InChI=1S/C31H61NO5S/c1-3-5-7-9-11-13-15-16-17-18-20-22-24-26-30(33)29(28-38(35,36)37)32-31(34)27-25-23-21-19-14-12-10-8-6-4-2/h8,10,29-30,33H,3-7,9,11-28H2,1-2H3,(H,32,34)(H,35,36,37)/b10-8-. The van der Waals surface area contributed by atoms with E-state index < -0.39 is 28.0 Å². The van der Waals surface area contributed by atoms with Crippen molar-refractivity contribution >= 4 is 16.0 Å². The van der Waals surface area contributed by atoms with E-state index in [9.17, 15) is 22.9 Å². The molecule has 0 rings (SSSR count). The van der Waals surface area contributed by atoms with E-state index in [0.29, 0.717) is 12.8 Å². The third-order valence-corrected chi connectivity index (χ3v) is 7.98. The molecule has 7 heteroatoms. The predicted octanol–water partition coefficient (Wildman–Crippen LogP) is 8.29. The maximum Gasteiger partial charge on any atom is 0.266 e. The molecule has 0 aromatic carbocycles. The van der Waals surface area contributed by atoms with Crippen LogP contribution in [0.4, 0.5) is 0 Å². The molecular weight excluding hydrogens is 498 g/mol. The summed E-state index contributed by atoms with van der Waals surface area (Å²) in [5, 5.41) is 13.2. The van der Waals surface area contributed by atoms with E-state index in [-0.39, 0.29) is 5.91 Å². The molecule has 0 fully saturated rings. The van der Waals surface area contributed by atoms with Gasteiger partial charge in [0.15, 0.2) is 0 Å². The number of aliphatic hydroxyl groups excluding tert-OH is 1. The van der Waals surface area contributed by atoms with Gasteiger partial charge in [-0.05, 0) is 32.1 Å². The molecule has 0 bridgehead atoms. The normalized spacial score (nSPS) is 13.7. The molecule has 0 aromatic heterocycles. The summed E-state index contributed by atoms with van der Waals surface area (Å²) in [6.07, 6.45) is 28.7. The van der Waals surface area contributed by atoms with Gasteiger partial charge in [-0.25, -0.2) is 0 Å². The minimum absolute atomic E-state index is 0.259. The highest BCUT2D eigenvalue weighted by Gasteiger charge is 2.26. The average molecular weight is 560 g/mol. The van der Waals surface area contributed by atoms with Crippen LogP contribution in [0.2, 0.25) is 0 Å². The topological polar surface area (TPSA) is 104 Å². The predicted molar refractivity (Wildman–Crippen MR) is 161 cm³/mol. The zero-order chi connectivity index (χ0) is 28.3. The molecule has 2 unspecified atom stereocenters. The van der Waals surface area contributed by atoms with E-state index in [1.807, 2.05) is 0 Å². The second-order valence-electron chi connectivity index (χ2n) is 11.1. The number of aliphatic hydroxyl groups is 1. The Morgan fingerprint density at radius 2 is 1.16 bits per heavy atom. The highest BCUT2D eigenvalue weighted by atomic mass is 32.2. The summed E-state index contributed by atoms with van der Waals surface area (Å²) in [6, 6.07) is -0.968. The first-order chi connectivity index (χ1) is 18.3. The first-order valence-corrected chi connectivity index (χ1v) is 17.5. The van der Waals surface area contributed by atoms with Crippen LogP contribution in [0.5, 0.6) is 0 Å². The van der Waals surface area contributed by atoms with Gasteiger partial charge in [0.25, 0.3) is 10.1 Å². The molecule has 0 spiro atoms. The summed E-state index contributed by atoms with van der Waals surface area (Å²) in [5.74, 6) is -0.908. The van der Waals surface area contributed by atoms with Gasteiger partial charge in [-0.1, -0.05) is 135 Å². The Hall–Kier alpha value is -0.920. The molecule has 0 saturated carbocycles. The van der Waals surface area contributed by atoms with E-state index in [1.54, 1.807) is 0 Å². The SMILES string of the molecule is CCC/C=C\CCCCCCCC(=O)NC(CS(=O)(=O)O)C(O)CCCCCCCCCCCCCCC. The van der Waals surface area contributed by atoms with Crippen molar-refractivity contribution in [3.05, 3.63) is 12.2 Å². The highest BCUT2D eigenvalue weighted by molar-refractivity contribution is 7.85. The highest BCUT2D eigenvalue weighted by Crippen LogP contribution is 2.15. The van der Waals surface area contributed by atoms with Crippen LogP contribution in [0.15, 0.2) is 12.2 Å². The molecule has 0 saturated heterocycles. The summed E-state index contributed by atoms with van der Waals surface area (Å²) in [7, 11) is -4.30. The van der Waals surface area contributed by atoms with Gasteiger partial charge < -0.3 is 10.4 Å². The minimum atomic E-state index is -4.30.